The third-order valence-electron chi connectivity index (χ3n) is 2.35. The van der Waals surface area contributed by atoms with E-state index < -0.39 is 0 Å². The number of nitrogens with two attached hydrogens (primary N) is 2. The molecule has 0 unspecified atom stereocenters. The van der Waals surface area contributed by atoms with Crippen molar-refractivity contribution < 1.29 is 0 Å². The maximum atomic E-state index is 5.23. The van der Waals surface area contributed by atoms with E-state index in [1.165, 1.54) is 12.7 Å². The van der Waals surface area contributed by atoms with Gasteiger partial charge in [-0.3, -0.25) is 0 Å². The Morgan fingerprint density at radius 3 is 1.89 bits per heavy atom. The van der Waals surface area contributed by atoms with Crippen molar-refractivity contribution in [2.24, 2.45) is 11.5 Å². The van der Waals surface area contributed by atoms with Crippen molar-refractivity contribution in [1.29, 1.82) is 0 Å². The van der Waals surface area contributed by atoms with Crippen molar-refractivity contribution >= 4 is 0 Å². The van der Waals surface area contributed by atoms with Crippen LogP contribution in [-0.4, -0.2) is 33.5 Å². The molecule has 6 heteroatoms. The highest BCUT2D eigenvalue weighted by Crippen LogP contribution is 2.10. The molecule has 19 heavy (non-hydrogen) atoms. The van der Waals surface area contributed by atoms with E-state index in [0.717, 1.165) is 31.5 Å². The van der Waals surface area contributed by atoms with Gasteiger partial charge in [-0.1, -0.05) is 36.8 Å². The number of hydrogen-bond donors (Lipinski definition) is 2. The van der Waals surface area contributed by atoms with E-state index in [2.05, 4.69) is 20.4 Å². The molecule has 0 aliphatic heterocycles. The molecule has 0 amide bonds. The van der Waals surface area contributed by atoms with Gasteiger partial charge >= 0.3 is 0 Å². The first-order valence-corrected chi connectivity index (χ1v) is 6.34. The summed E-state index contributed by atoms with van der Waals surface area (Å²) < 4.78 is 0. The summed E-state index contributed by atoms with van der Waals surface area (Å²) >= 11 is 0. The van der Waals surface area contributed by atoms with Gasteiger partial charge < -0.3 is 11.5 Å². The van der Waals surface area contributed by atoms with Gasteiger partial charge in [0.15, 0.2) is 6.33 Å². The molecule has 0 bridgehead atoms. The van der Waals surface area contributed by atoms with Crippen LogP contribution in [0, 0.1) is 0 Å². The number of benzene rings is 1. The van der Waals surface area contributed by atoms with Crippen LogP contribution in [0.4, 0.5) is 0 Å². The largest absolute Gasteiger partial charge is 0.330 e. The third-order valence-corrected chi connectivity index (χ3v) is 2.35. The molecule has 2 aromatic rings. The lowest BCUT2D eigenvalue weighted by molar-refractivity contribution is 0.695. The lowest BCUT2D eigenvalue weighted by Crippen LogP contribution is -2.02. The van der Waals surface area contributed by atoms with Crippen molar-refractivity contribution in [2.45, 2.75) is 19.3 Å². The molecule has 0 atom stereocenters. The summed E-state index contributed by atoms with van der Waals surface area (Å²) in [7, 11) is 0. The van der Waals surface area contributed by atoms with Gasteiger partial charge in [0, 0.05) is 5.56 Å². The molecule has 1 aromatic heterocycles. The van der Waals surface area contributed by atoms with Crippen LogP contribution in [0.5, 0.6) is 0 Å². The van der Waals surface area contributed by atoms with Crippen LogP contribution in [0.25, 0.3) is 11.4 Å². The molecule has 0 aliphatic carbocycles. The molecule has 102 valence electrons. The van der Waals surface area contributed by atoms with Crippen LogP contribution in [-0.2, 0) is 0 Å². The van der Waals surface area contributed by atoms with E-state index in [9.17, 15) is 0 Å². The first-order valence-electron chi connectivity index (χ1n) is 6.34. The Morgan fingerprint density at radius 1 is 0.789 bits per heavy atom. The molecule has 0 aliphatic rings. The molecule has 6 nitrogen and oxygen atoms in total. The number of unbranched alkanes of at least 4 members (excludes halogenated alkanes) is 2. The highest BCUT2D eigenvalue weighted by molar-refractivity contribution is 5.52. The molecular weight excluding hydrogens is 240 g/mol. The molecule has 0 spiro atoms. The quantitative estimate of drug-likeness (QED) is 0.777. The molecule has 0 radical (unpaired) electrons. The Balaban J connectivity index is 0.000000224. The molecule has 1 aromatic carbocycles. The van der Waals surface area contributed by atoms with Gasteiger partial charge in [0.05, 0.1) is 0 Å². The predicted octanol–water partition coefficient (Wildman–Crippen LogP) is 1.01. The van der Waals surface area contributed by atoms with Crippen LogP contribution < -0.4 is 11.5 Å². The number of rotatable bonds is 5. The molecular formula is C13H20N6. The normalized spacial score (nSPS) is 9.58. The SMILES string of the molecule is NCCCCCN.c1ccc(-c2nncnn2)cc1. The van der Waals surface area contributed by atoms with Crippen LogP contribution in [0.2, 0.25) is 0 Å². The number of aromatic nitrogens is 4. The Bertz CT molecular complexity index is 378. The molecule has 4 N–H and O–H groups in total. The van der Waals surface area contributed by atoms with E-state index in [-0.39, 0.29) is 0 Å². The zero-order chi connectivity index (χ0) is 13.8. The molecule has 2 rings (SSSR count). The molecule has 1 heterocycles. The second kappa shape index (κ2) is 10.0. The van der Waals surface area contributed by atoms with Gasteiger partial charge in [-0.2, -0.15) is 0 Å². The Kier molecular flexibility index (Phi) is 8.00. The summed E-state index contributed by atoms with van der Waals surface area (Å²) in [5, 5.41) is 14.9. The fourth-order valence-electron chi connectivity index (χ4n) is 1.37. The van der Waals surface area contributed by atoms with Gasteiger partial charge in [-0.15, -0.1) is 20.4 Å². The van der Waals surface area contributed by atoms with E-state index in [4.69, 9.17) is 11.5 Å². The average molecular weight is 260 g/mol. The predicted molar refractivity (Wildman–Crippen MR) is 75.0 cm³/mol. The molecule has 0 saturated carbocycles. The number of nitrogens with zero attached hydrogens (tertiary/aromatic N) is 4. The second-order valence-corrected chi connectivity index (χ2v) is 3.87. The first-order chi connectivity index (χ1) is 9.38. The summed E-state index contributed by atoms with van der Waals surface area (Å²) in [5.74, 6) is 0.554. The zero-order valence-corrected chi connectivity index (χ0v) is 10.9. The summed E-state index contributed by atoms with van der Waals surface area (Å²) in [4.78, 5) is 0. The summed E-state index contributed by atoms with van der Waals surface area (Å²) in [5.41, 5.74) is 11.4. The fourth-order valence-corrected chi connectivity index (χ4v) is 1.37. The molecule has 0 saturated heterocycles. The summed E-state index contributed by atoms with van der Waals surface area (Å²) in [6, 6.07) is 9.61. The third kappa shape index (κ3) is 6.54. The zero-order valence-electron chi connectivity index (χ0n) is 10.9. The van der Waals surface area contributed by atoms with Gasteiger partial charge in [0.1, 0.15) is 0 Å². The minimum atomic E-state index is 0.554. The van der Waals surface area contributed by atoms with Crippen molar-refractivity contribution in [2.75, 3.05) is 13.1 Å². The maximum absolute atomic E-state index is 5.23. The number of hydrogen-bond acceptors (Lipinski definition) is 6. The minimum absolute atomic E-state index is 0.554. The van der Waals surface area contributed by atoms with Crippen molar-refractivity contribution in [1.82, 2.24) is 20.4 Å². The molecule has 0 fully saturated rings. The average Bonchev–Trinajstić information content (AvgIpc) is 2.50. The van der Waals surface area contributed by atoms with E-state index in [0.29, 0.717) is 5.82 Å². The van der Waals surface area contributed by atoms with E-state index in [1.54, 1.807) is 0 Å². The topological polar surface area (TPSA) is 104 Å². The lowest BCUT2D eigenvalue weighted by atomic mass is 10.2. The van der Waals surface area contributed by atoms with Crippen molar-refractivity contribution in [3.05, 3.63) is 36.7 Å². The lowest BCUT2D eigenvalue weighted by Gasteiger charge is -1.93. The second-order valence-electron chi connectivity index (χ2n) is 3.87. The first kappa shape index (κ1) is 15.1. The highest BCUT2D eigenvalue weighted by Gasteiger charge is 1.97. The Labute approximate surface area is 113 Å². The smallest absolute Gasteiger partial charge is 0.203 e. The van der Waals surface area contributed by atoms with Crippen molar-refractivity contribution in [3.63, 3.8) is 0 Å². The van der Waals surface area contributed by atoms with Gasteiger partial charge in [0.2, 0.25) is 5.82 Å². The Morgan fingerprint density at radius 2 is 1.37 bits per heavy atom. The maximum Gasteiger partial charge on any atom is 0.203 e. The minimum Gasteiger partial charge on any atom is -0.330 e. The van der Waals surface area contributed by atoms with E-state index in [1.807, 2.05) is 30.3 Å². The van der Waals surface area contributed by atoms with Crippen LogP contribution in [0.3, 0.4) is 0 Å². The van der Waals surface area contributed by atoms with Crippen LogP contribution >= 0.6 is 0 Å². The van der Waals surface area contributed by atoms with Gasteiger partial charge in [0.25, 0.3) is 0 Å². The summed E-state index contributed by atoms with van der Waals surface area (Å²) in [6.07, 6.45) is 4.74. The van der Waals surface area contributed by atoms with Crippen molar-refractivity contribution in [3.8, 4) is 11.4 Å². The highest BCUT2D eigenvalue weighted by atomic mass is 15.3. The fraction of sp³-hybridized carbons (Fsp3) is 0.385. The van der Waals surface area contributed by atoms with Crippen LogP contribution in [0.15, 0.2) is 36.7 Å². The standard InChI is InChI=1S/C8H6N4.C5H14N2/c1-2-4-7(5-3-1)8-11-9-6-10-12-8;6-4-2-1-3-5-7/h1-6H;1-7H2. The van der Waals surface area contributed by atoms with Gasteiger partial charge in [-0.05, 0) is 25.9 Å². The van der Waals surface area contributed by atoms with Crippen LogP contribution in [0.1, 0.15) is 19.3 Å². The van der Waals surface area contributed by atoms with E-state index >= 15 is 0 Å². The van der Waals surface area contributed by atoms with Gasteiger partial charge in [-0.25, -0.2) is 0 Å². The Hall–Kier alpha value is -1.92. The monoisotopic (exact) mass is 260 g/mol. The summed E-state index contributed by atoms with van der Waals surface area (Å²) in [6.45, 7) is 1.61.